The second-order valence-corrected chi connectivity index (χ2v) is 4.40. The van der Waals surface area contributed by atoms with Gasteiger partial charge in [0.1, 0.15) is 11.6 Å². The first-order valence-electron chi connectivity index (χ1n) is 5.56. The van der Waals surface area contributed by atoms with E-state index in [4.69, 9.17) is 17.3 Å². The van der Waals surface area contributed by atoms with E-state index in [0.717, 1.165) is 25.0 Å². The molecule has 0 unspecified atom stereocenters. The summed E-state index contributed by atoms with van der Waals surface area (Å²) in [6.45, 7) is 1.96. The summed E-state index contributed by atoms with van der Waals surface area (Å²) in [7, 11) is 0. The predicted molar refractivity (Wildman–Crippen MR) is 63.8 cm³/mol. The highest BCUT2D eigenvalue weighted by Crippen LogP contribution is 2.28. The smallest absolute Gasteiger partial charge is 0.149 e. The van der Waals surface area contributed by atoms with Gasteiger partial charge in [0.25, 0.3) is 0 Å². The Morgan fingerprint density at radius 2 is 2.06 bits per heavy atom. The first-order valence-corrected chi connectivity index (χ1v) is 5.93. The van der Waals surface area contributed by atoms with Crippen molar-refractivity contribution in [3.63, 3.8) is 0 Å². The van der Waals surface area contributed by atoms with Gasteiger partial charge in [0.2, 0.25) is 0 Å². The van der Waals surface area contributed by atoms with E-state index in [2.05, 4.69) is 0 Å². The molecule has 0 saturated carbocycles. The van der Waals surface area contributed by atoms with E-state index in [0.29, 0.717) is 6.42 Å². The molecule has 96 valence electrons. The molecule has 1 aromatic carbocycles. The quantitative estimate of drug-likeness (QED) is 0.802. The molecule has 1 aromatic rings. The molecule has 0 spiro atoms. The fourth-order valence-corrected chi connectivity index (χ4v) is 1.80. The summed E-state index contributed by atoms with van der Waals surface area (Å²) in [5.74, 6) is -1.68. The SMILES string of the molecule is CCCC[C@H](O)[C@H](N)c1c(F)ccc(Cl)c1F. The van der Waals surface area contributed by atoms with Gasteiger partial charge in [-0.25, -0.2) is 8.78 Å². The van der Waals surface area contributed by atoms with Gasteiger partial charge in [0.15, 0.2) is 0 Å². The fraction of sp³-hybridized carbons (Fsp3) is 0.500. The summed E-state index contributed by atoms with van der Waals surface area (Å²) in [4.78, 5) is 0. The molecule has 1 rings (SSSR count). The standard InChI is InChI=1S/C12H16ClF2NO/c1-2-3-4-9(17)12(16)10-8(14)6-5-7(13)11(10)15/h5-6,9,12,17H,2-4,16H2,1H3/t9-,12-/m0/s1. The lowest BCUT2D eigenvalue weighted by Gasteiger charge is -2.20. The lowest BCUT2D eigenvalue weighted by atomic mass is 9.97. The van der Waals surface area contributed by atoms with Crippen LogP contribution in [0.3, 0.4) is 0 Å². The summed E-state index contributed by atoms with van der Waals surface area (Å²) in [6.07, 6.45) is 1.06. The van der Waals surface area contributed by atoms with Gasteiger partial charge in [-0.15, -0.1) is 0 Å². The molecular formula is C12H16ClF2NO. The minimum absolute atomic E-state index is 0.195. The van der Waals surface area contributed by atoms with Crippen molar-refractivity contribution >= 4 is 11.6 Å². The number of aliphatic hydroxyl groups excluding tert-OH is 1. The second kappa shape index (κ2) is 6.28. The summed E-state index contributed by atoms with van der Waals surface area (Å²) in [5, 5.41) is 9.55. The maximum atomic E-state index is 13.6. The maximum absolute atomic E-state index is 13.6. The number of hydrogen-bond acceptors (Lipinski definition) is 2. The van der Waals surface area contributed by atoms with Gasteiger partial charge < -0.3 is 10.8 Å². The summed E-state index contributed by atoms with van der Waals surface area (Å²) >= 11 is 5.56. The Morgan fingerprint density at radius 3 is 2.65 bits per heavy atom. The van der Waals surface area contributed by atoms with Crippen LogP contribution in [0.15, 0.2) is 12.1 Å². The van der Waals surface area contributed by atoms with Crippen LogP contribution < -0.4 is 5.73 Å². The van der Waals surface area contributed by atoms with Gasteiger partial charge in [-0.1, -0.05) is 31.4 Å². The molecule has 0 aromatic heterocycles. The van der Waals surface area contributed by atoms with Crippen molar-refractivity contribution in [2.45, 2.75) is 38.3 Å². The number of aliphatic hydroxyl groups is 1. The molecule has 17 heavy (non-hydrogen) atoms. The molecule has 0 aliphatic rings. The second-order valence-electron chi connectivity index (χ2n) is 3.99. The topological polar surface area (TPSA) is 46.2 Å². The highest BCUT2D eigenvalue weighted by atomic mass is 35.5. The molecule has 0 amide bonds. The van der Waals surface area contributed by atoms with Crippen LogP contribution in [0.25, 0.3) is 0 Å². The van der Waals surface area contributed by atoms with E-state index in [1.54, 1.807) is 0 Å². The van der Waals surface area contributed by atoms with Crippen LogP contribution in [-0.4, -0.2) is 11.2 Å². The summed E-state index contributed by atoms with van der Waals surface area (Å²) in [6, 6.07) is 1.08. The molecule has 0 heterocycles. The van der Waals surface area contributed by atoms with E-state index >= 15 is 0 Å². The molecule has 0 radical (unpaired) electrons. The number of unbranched alkanes of at least 4 members (excludes halogenated alkanes) is 1. The Balaban J connectivity index is 2.95. The average Bonchev–Trinajstić information content (AvgIpc) is 2.31. The van der Waals surface area contributed by atoms with E-state index < -0.39 is 23.8 Å². The fourth-order valence-electron chi connectivity index (χ4n) is 1.63. The highest BCUT2D eigenvalue weighted by Gasteiger charge is 2.24. The first kappa shape index (κ1) is 14.4. The molecule has 2 nitrogen and oxygen atoms in total. The van der Waals surface area contributed by atoms with E-state index in [9.17, 15) is 13.9 Å². The number of hydrogen-bond donors (Lipinski definition) is 2. The molecule has 0 saturated heterocycles. The monoisotopic (exact) mass is 263 g/mol. The summed E-state index contributed by atoms with van der Waals surface area (Å²) in [5.41, 5.74) is 5.32. The molecule has 0 fully saturated rings. The van der Waals surface area contributed by atoms with Crippen LogP contribution in [0, 0.1) is 11.6 Å². The molecule has 5 heteroatoms. The zero-order chi connectivity index (χ0) is 13.0. The average molecular weight is 264 g/mol. The Bertz CT molecular complexity index is 387. The van der Waals surface area contributed by atoms with Crippen LogP contribution in [0.1, 0.15) is 37.8 Å². The van der Waals surface area contributed by atoms with E-state index in [-0.39, 0.29) is 10.6 Å². The van der Waals surface area contributed by atoms with Gasteiger partial charge in [-0.2, -0.15) is 0 Å². The number of halogens is 3. The largest absolute Gasteiger partial charge is 0.391 e. The first-order chi connectivity index (χ1) is 7.99. The molecule has 3 N–H and O–H groups in total. The summed E-state index contributed by atoms with van der Waals surface area (Å²) < 4.78 is 27.1. The normalized spacial score (nSPS) is 14.7. The van der Waals surface area contributed by atoms with Crippen molar-refractivity contribution in [3.8, 4) is 0 Å². The van der Waals surface area contributed by atoms with Crippen molar-refractivity contribution in [3.05, 3.63) is 34.4 Å². The van der Waals surface area contributed by atoms with Gasteiger partial charge in [-0.05, 0) is 18.6 Å². The minimum Gasteiger partial charge on any atom is -0.391 e. The van der Waals surface area contributed by atoms with Crippen molar-refractivity contribution < 1.29 is 13.9 Å². The lowest BCUT2D eigenvalue weighted by molar-refractivity contribution is 0.129. The van der Waals surface area contributed by atoms with Crippen LogP contribution >= 0.6 is 11.6 Å². The third-order valence-corrected chi connectivity index (χ3v) is 2.97. The van der Waals surface area contributed by atoms with Crippen LogP contribution in [0.2, 0.25) is 5.02 Å². The van der Waals surface area contributed by atoms with Gasteiger partial charge in [-0.3, -0.25) is 0 Å². The number of nitrogens with two attached hydrogens (primary N) is 1. The zero-order valence-electron chi connectivity index (χ0n) is 9.59. The molecule has 0 bridgehead atoms. The minimum atomic E-state index is -1.10. The van der Waals surface area contributed by atoms with Crippen LogP contribution in [0.5, 0.6) is 0 Å². The Morgan fingerprint density at radius 1 is 1.41 bits per heavy atom. The molecular weight excluding hydrogens is 248 g/mol. The van der Waals surface area contributed by atoms with Crippen molar-refractivity contribution in [2.75, 3.05) is 0 Å². The number of rotatable bonds is 5. The highest BCUT2D eigenvalue weighted by molar-refractivity contribution is 6.30. The van der Waals surface area contributed by atoms with E-state index in [1.807, 2.05) is 6.92 Å². The van der Waals surface area contributed by atoms with Crippen LogP contribution in [-0.2, 0) is 0 Å². The predicted octanol–water partition coefficient (Wildman–Crippen LogP) is 3.17. The van der Waals surface area contributed by atoms with Crippen molar-refractivity contribution in [1.82, 2.24) is 0 Å². The molecule has 0 aliphatic heterocycles. The molecule has 0 aliphatic carbocycles. The Hall–Kier alpha value is -0.710. The maximum Gasteiger partial charge on any atom is 0.149 e. The molecule has 2 atom stereocenters. The Kier molecular flexibility index (Phi) is 5.31. The lowest BCUT2D eigenvalue weighted by Crippen LogP contribution is -2.28. The van der Waals surface area contributed by atoms with Crippen molar-refractivity contribution in [2.24, 2.45) is 5.73 Å². The zero-order valence-corrected chi connectivity index (χ0v) is 10.3. The van der Waals surface area contributed by atoms with Gasteiger partial charge >= 0.3 is 0 Å². The van der Waals surface area contributed by atoms with Gasteiger partial charge in [0.05, 0.1) is 17.2 Å². The van der Waals surface area contributed by atoms with Gasteiger partial charge in [0, 0.05) is 5.56 Å². The third kappa shape index (κ3) is 3.37. The van der Waals surface area contributed by atoms with Crippen molar-refractivity contribution in [1.29, 1.82) is 0 Å². The Labute approximate surface area is 104 Å². The number of benzene rings is 1. The van der Waals surface area contributed by atoms with E-state index in [1.165, 1.54) is 0 Å². The van der Waals surface area contributed by atoms with Crippen LogP contribution in [0.4, 0.5) is 8.78 Å². The third-order valence-electron chi connectivity index (χ3n) is 2.68.